The lowest BCUT2D eigenvalue weighted by atomic mass is 9.78. The van der Waals surface area contributed by atoms with Crippen molar-refractivity contribution in [3.05, 3.63) is 119 Å². The molecule has 0 bridgehead atoms. The van der Waals surface area contributed by atoms with Gasteiger partial charge in [-0.15, -0.1) is 0 Å². The van der Waals surface area contributed by atoms with E-state index < -0.39 is 0 Å². The quantitative estimate of drug-likeness (QED) is 0.431. The molecule has 1 atom stereocenters. The second-order valence-corrected chi connectivity index (χ2v) is 7.52. The van der Waals surface area contributed by atoms with Crippen molar-refractivity contribution >= 4 is 27.9 Å². The Morgan fingerprint density at radius 3 is 2.31 bits per heavy atom. The molecule has 0 fully saturated rings. The molecule has 4 aromatic carbocycles. The van der Waals surface area contributed by atoms with E-state index in [2.05, 4.69) is 29.6 Å². The second kappa shape index (κ2) is 5.89. The summed E-state index contributed by atoms with van der Waals surface area (Å²) < 4.78 is 13.7. The van der Waals surface area contributed by atoms with Crippen molar-refractivity contribution < 1.29 is 9.18 Å². The van der Waals surface area contributed by atoms with Gasteiger partial charge in [0.15, 0.2) is 5.78 Å². The summed E-state index contributed by atoms with van der Waals surface area (Å²) in [6.07, 6.45) is 0. The Balaban J connectivity index is 1.69. The van der Waals surface area contributed by atoms with Crippen LogP contribution < -0.4 is 5.32 Å². The number of allylic oxidation sites excluding steroid dienone is 1. The van der Waals surface area contributed by atoms with Crippen LogP contribution in [0.5, 0.6) is 0 Å². The molecule has 0 amide bonds. The summed E-state index contributed by atoms with van der Waals surface area (Å²) in [5.41, 5.74) is 6.21. The Kier molecular flexibility index (Phi) is 3.30. The van der Waals surface area contributed by atoms with E-state index in [0.717, 1.165) is 44.4 Å². The first-order valence-corrected chi connectivity index (χ1v) is 9.65. The molecule has 138 valence electrons. The van der Waals surface area contributed by atoms with Gasteiger partial charge in [0.25, 0.3) is 0 Å². The van der Waals surface area contributed by atoms with Gasteiger partial charge in [-0.25, -0.2) is 4.39 Å². The maximum Gasteiger partial charge on any atom is 0.192 e. The average Bonchev–Trinajstić information content (AvgIpc) is 3.05. The van der Waals surface area contributed by atoms with Gasteiger partial charge in [0.1, 0.15) is 5.82 Å². The number of fused-ring (bicyclic) bond motifs is 5. The van der Waals surface area contributed by atoms with Crippen LogP contribution in [0.1, 0.15) is 33.0 Å². The smallest absolute Gasteiger partial charge is 0.192 e. The standard InChI is InChI=1S/C26H16FNO/c27-17-12-9-16(10-13-17)22-23-18-6-2-1-5-15(18)11-14-21(23)28-25-19-7-3-4-8-20(19)26(29)24(22)25/h1-14,22,28H. The molecule has 2 nitrogen and oxygen atoms in total. The minimum Gasteiger partial charge on any atom is -0.354 e. The van der Waals surface area contributed by atoms with Gasteiger partial charge >= 0.3 is 0 Å². The van der Waals surface area contributed by atoms with Gasteiger partial charge in [-0.05, 0) is 40.1 Å². The fourth-order valence-electron chi connectivity index (χ4n) is 4.70. The van der Waals surface area contributed by atoms with Crippen molar-refractivity contribution in [1.29, 1.82) is 0 Å². The molecule has 1 heterocycles. The number of anilines is 1. The molecule has 0 saturated carbocycles. The van der Waals surface area contributed by atoms with Crippen molar-refractivity contribution in [3.63, 3.8) is 0 Å². The van der Waals surface area contributed by atoms with Crippen molar-refractivity contribution in [2.75, 3.05) is 5.32 Å². The lowest BCUT2D eigenvalue weighted by molar-refractivity contribution is 0.103. The monoisotopic (exact) mass is 377 g/mol. The number of nitrogens with one attached hydrogen (secondary N) is 1. The minimum absolute atomic E-state index is 0.0380. The van der Waals surface area contributed by atoms with Crippen LogP contribution in [0.4, 0.5) is 10.1 Å². The highest BCUT2D eigenvalue weighted by Gasteiger charge is 2.40. The Morgan fingerprint density at radius 1 is 0.759 bits per heavy atom. The average molecular weight is 377 g/mol. The van der Waals surface area contributed by atoms with Crippen molar-refractivity contribution in [2.45, 2.75) is 5.92 Å². The Hall–Kier alpha value is -3.72. The normalized spacial score (nSPS) is 17.0. The topological polar surface area (TPSA) is 29.1 Å². The SMILES string of the molecule is O=C1C2=C(Nc3ccc4ccccc4c3C2c2ccc(F)cc2)c2ccccc21. The van der Waals surface area contributed by atoms with E-state index in [1.165, 1.54) is 12.1 Å². The molecular weight excluding hydrogens is 361 g/mol. The molecule has 0 aromatic heterocycles. The molecule has 2 aliphatic rings. The summed E-state index contributed by atoms with van der Waals surface area (Å²) in [4.78, 5) is 13.5. The molecule has 6 rings (SSSR count). The maximum absolute atomic E-state index is 13.7. The van der Waals surface area contributed by atoms with Crippen LogP contribution in [-0.2, 0) is 0 Å². The third kappa shape index (κ3) is 2.24. The number of Topliss-reactive ketones (excluding diaryl/α,β-unsaturated/α-hetero) is 1. The first-order valence-electron chi connectivity index (χ1n) is 9.65. The van der Waals surface area contributed by atoms with Gasteiger partial charge < -0.3 is 5.32 Å². The highest BCUT2D eigenvalue weighted by atomic mass is 19.1. The number of halogens is 1. The van der Waals surface area contributed by atoms with Gasteiger partial charge in [-0.3, -0.25) is 4.79 Å². The van der Waals surface area contributed by atoms with Crippen molar-refractivity contribution in [2.24, 2.45) is 0 Å². The molecule has 1 aliphatic carbocycles. The maximum atomic E-state index is 13.7. The molecule has 29 heavy (non-hydrogen) atoms. The molecule has 0 radical (unpaired) electrons. The van der Waals surface area contributed by atoms with Crippen LogP contribution in [-0.4, -0.2) is 5.78 Å². The first kappa shape index (κ1) is 16.3. The number of ketones is 1. The fraction of sp³-hybridized carbons (Fsp3) is 0.0385. The summed E-state index contributed by atoms with van der Waals surface area (Å²) >= 11 is 0. The summed E-state index contributed by atoms with van der Waals surface area (Å²) in [5.74, 6) is -0.500. The van der Waals surface area contributed by atoms with Gasteiger partial charge in [0.2, 0.25) is 0 Å². The lowest BCUT2D eigenvalue weighted by Gasteiger charge is -2.30. The zero-order valence-electron chi connectivity index (χ0n) is 15.4. The third-order valence-corrected chi connectivity index (χ3v) is 5.97. The van der Waals surface area contributed by atoms with Gasteiger partial charge in [0, 0.05) is 28.3 Å². The Bertz CT molecular complexity index is 1350. The molecule has 1 N–H and O–H groups in total. The highest BCUT2D eigenvalue weighted by molar-refractivity contribution is 6.24. The van der Waals surface area contributed by atoms with Crippen LogP contribution in [0.2, 0.25) is 0 Å². The molecule has 0 saturated heterocycles. The fourth-order valence-corrected chi connectivity index (χ4v) is 4.70. The summed E-state index contributed by atoms with van der Waals surface area (Å²) in [7, 11) is 0. The molecule has 0 spiro atoms. The largest absolute Gasteiger partial charge is 0.354 e. The minimum atomic E-state index is -0.281. The van der Waals surface area contributed by atoms with E-state index in [1.807, 2.05) is 36.4 Å². The van der Waals surface area contributed by atoms with Crippen LogP contribution in [0.3, 0.4) is 0 Å². The van der Waals surface area contributed by atoms with Crippen LogP contribution >= 0.6 is 0 Å². The van der Waals surface area contributed by atoms with E-state index in [-0.39, 0.29) is 17.5 Å². The zero-order valence-corrected chi connectivity index (χ0v) is 15.4. The molecule has 1 aliphatic heterocycles. The molecular formula is C26H16FNO. The van der Waals surface area contributed by atoms with Gasteiger partial charge in [0.05, 0.1) is 5.70 Å². The van der Waals surface area contributed by atoms with Crippen LogP contribution in [0, 0.1) is 5.82 Å². The number of benzene rings is 4. The number of carbonyl (C=O) groups is 1. The predicted octanol–water partition coefficient (Wildman–Crippen LogP) is 6.14. The second-order valence-electron chi connectivity index (χ2n) is 7.52. The molecule has 3 heteroatoms. The highest BCUT2D eigenvalue weighted by Crippen LogP contribution is 2.51. The number of carbonyl (C=O) groups excluding carboxylic acids is 1. The van der Waals surface area contributed by atoms with Gasteiger partial charge in [-0.1, -0.05) is 66.7 Å². The Labute approximate surface area is 167 Å². The summed E-state index contributed by atoms with van der Waals surface area (Å²) in [6.45, 7) is 0. The van der Waals surface area contributed by atoms with E-state index in [0.29, 0.717) is 5.56 Å². The van der Waals surface area contributed by atoms with E-state index in [1.54, 1.807) is 12.1 Å². The predicted molar refractivity (Wildman–Crippen MR) is 114 cm³/mol. The number of rotatable bonds is 1. The van der Waals surface area contributed by atoms with Crippen LogP contribution in [0.25, 0.3) is 16.5 Å². The van der Waals surface area contributed by atoms with Crippen LogP contribution in [0.15, 0.2) is 90.5 Å². The number of hydrogen-bond donors (Lipinski definition) is 1. The summed E-state index contributed by atoms with van der Waals surface area (Å²) in [5, 5.41) is 5.75. The number of hydrogen-bond acceptors (Lipinski definition) is 2. The van der Waals surface area contributed by atoms with Crippen molar-refractivity contribution in [3.8, 4) is 0 Å². The molecule has 1 unspecified atom stereocenters. The molecule has 4 aromatic rings. The Morgan fingerprint density at radius 2 is 1.48 bits per heavy atom. The lowest BCUT2D eigenvalue weighted by Crippen LogP contribution is -2.19. The summed E-state index contributed by atoms with van der Waals surface area (Å²) in [6, 6.07) is 26.6. The van der Waals surface area contributed by atoms with E-state index in [4.69, 9.17) is 0 Å². The zero-order chi connectivity index (χ0) is 19.5. The third-order valence-electron chi connectivity index (χ3n) is 5.97. The first-order chi connectivity index (χ1) is 14.2. The van der Waals surface area contributed by atoms with Gasteiger partial charge in [-0.2, -0.15) is 0 Å². The van der Waals surface area contributed by atoms with E-state index >= 15 is 0 Å². The van der Waals surface area contributed by atoms with Crippen molar-refractivity contribution in [1.82, 2.24) is 0 Å². The van der Waals surface area contributed by atoms with E-state index in [9.17, 15) is 9.18 Å².